The van der Waals surface area contributed by atoms with Crippen molar-refractivity contribution in [2.24, 2.45) is 5.73 Å². The number of allylic oxidation sites excluding steroid dienone is 1. The number of hydrogen-bond donors (Lipinski definition) is 1. The number of hydrogen-bond acceptors (Lipinski definition) is 3. The first-order chi connectivity index (χ1) is 13.3. The minimum Gasteiger partial charge on any atom is -0.440 e. The van der Waals surface area contributed by atoms with Gasteiger partial charge in [0.25, 0.3) is 0 Å². The zero-order valence-corrected chi connectivity index (χ0v) is 14.5. The van der Waals surface area contributed by atoms with E-state index in [4.69, 9.17) is 10.5 Å². The van der Waals surface area contributed by atoms with Gasteiger partial charge in [-0.2, -0.15) is 5.26 Å². The average Bonchev–Trinajstić information content (AvgIpc) is 2.72. The summed E-state index contributed by atoms with van der Waals surface area (Å²) in [7, 11) is 0. The van der Waals surface area contributed by atoms with Gasteiger partial charge in [0.15, 0.2) is 0 Å². The van der Waals surface area contributed by atoms with Gasteiger partial charge in [-0.1, -0.05) is 72.8 Å². The number of nitrogens with zero attached hydrogens (tertiary/aromatic N) is 1. The summed E-state index contributed by atoms with van der Waals surface area (Å²) < 4.78 is 5.84. The first-order valence-corrected chi connectivity index (χ1v) is 8.85. The predicted molar refractivity (Wildman–Crippen MR) is 107 cm³/mol. The van der Waals surface area contributed by atoms with Crippen molar-refractivity contribution >= 4 is 21.5 Å². The molecule has 0 fully saturated rings. The van der Waals surface area contributed by atoms with E-state index in [0.717, 1.165) is 32.7 Å². The molecule has 1 heterocycles. The number of fused-ring (bicyclic) bond motifs is 4. The van der Waals surface area contributed by atoms with E-state index in [9.17, 15) is 5.26 Å². The van der Waals surface area contributed by atoms with Gasteiger partial charge >= 0.3 is 0 Å². The standard InChI is InChI=1S/C24H16N2O/c25-14-20-22(19-11-5-8-15-6-1-3-9-17(15)19)23-18-10-4-2-7-16(18)12-13-21(23)27-24(20)26/h1-13,22H,26H2/t22-/m0/s1. The van der Waals surface area contributed by atoms with Crippen molar-refractivity contribution in [3.8, 4) is 11.8 Å². The Bertz CT molecular complexity index is 1280. The lowest BCUT2D eigenvalue weighted by atomic mass is 9.79. The van der Waals surface area contributed by atoms with Crippen LogP contribution in [0, 0.1) is 11.3 Å². The summed E-state index contributed by atoms with van der Waals surface area (Å²) in [5.41, 5.74) is 8.67. The molecule has 4 aromatic carbocycles. The van der Waals surface area contributed by atoms with Gasteiger partial charge in [0.05, 0.1) is 5.92 Å². The second kappa shape index (κ2) is 5.89. The zero-order chi connectivity index (χ0) is 18.4. The average molecular weight is 348 g/mol. The maximum absolute atomic E-state index is 9.90. The van der Waals surface area contributed by atoms with Crippen molar-refractivity contribution in [1.82, 2.24) is 0 Å². The lowest BCUT2D eigenvalue weighted by Gasteiger charge is -2.28. The molecular weight excluding hydrogens is 332 g/mol. The van der Waals surface area contributed by atoms with Crippen molar-refractivity contribution in [1.29, 1.82) is 5.26 Å². The monoisotopic (exact) mass is 348 g/mol. The van der Waals surface area contributed by atoms with E-state index in [0.29, 0.717) is 11.3 Å². The highest BCUT2D eigenvalue weighted by Crippen LogP contribution is 2.46. The smallest absolute Gasteiger partial charge is 0.205 e. The molecule has 27 heavy (non-hydrogen) atoms. The normalized spacial score (nSPS) is 16.0. The van der Waals surface area contributed by atoms with Crippen molar-refractivity contribution < 1.29 is 4.74 Å². The Morgan fingerprint density at radius 2 is 1.44 bits per heavy atom. The number of benzene rings is 4. The van der Waals surface area contributed by atoms with Crippen molar-refractivity contribution in [3.05, 3.63) is 101 Å². The number of nitrogens with two attached hydrogens (primary N) is 1. The van der Waals surface area contributed by atoms with Gasteiger partial charge < -0.3 is 10.5 Å². The molecule has 1 aliphatic heterocycles. The van der Waals surface area contributed by atoms with Crippen LogP contribution in [0.15, 0.2) is 90.3 Å². The molecule has 1 atom stereocenters. The number of nitriles is 1. The maximum Gasteiger partial charge on any atom is 0.205 e. The van der Waals surface area contributed by atoms with Gasteiger partial charge in [0, 0.05) is 5.56 Å². The van der Waals surface area contributed by atoms with Gasteiger partial charge in [0.2, 0.25) is 5.88 Å². The Morgan fingerprint density at radius 3 is 2.22 bits per heavy atom. The van der Waals surface area contributed by atoms with Crippen molar-refractivity contribution in [3.63, 3.8) is 0 Å². The van der Waals surface area contributed by atoms with Crippen LogP contribution in [0.3, 0.4) is 0 Å². The van der Waals surface area contributed by atoms with E-state index in [-0.39, 0.29) is 11.8 Å². The molecule has 0 amide bonds. The van der Waals surface area contributed by atoms with Crippen molar-refractivity contribution in [2.75, 3.05) is 0 Å². The predicted octanol–water partition coefficient (Wildman–Crippen LogP) is 5.21. The Kier molecular flexibility index (Phi) is 3.38. The van der Waals surface area contributed by atoms with Crippen LogP contribution >= 0.6 is 0 Å². The molecule has 2 N–H and O–H groups in total. The molecule has 5 rings (SSSR count). The Morgan fingerprint density at radius 1 is 0.778 bits per heavy atom. The molecule has 1 aliphatic rings. The Balaban J connectivity index is 1.91. The molecular formula is C24H16N2O. The number of ether oxygens (including phenoxy) is 1. The highest BCUT2D eigenvalue weighted by atomic mass is 16.5. The van der Waals surface area contributed by atoms with Crippen LogP contribution in [0.4, 0.5) is 0 Å². The van der Waals surface area contributed by atoms with Crippen LogP contribution < -0.4 is 10.5 Å². The summed E-state index contributed by atoms with van der Waals surface area (Å²) in [4.78, 5) is 0. The van der Waals surface area contributed by atoms with Crippen molar-refractivity contribution in [2.45, 2.75) is 5.92 Å². The van der Waals surface area contributed by atoms with Gasteiger partial charge in [0.1, 0.15) is 17.4 Å². The van der Waals surface area contributed by atoms with Crippen LogP contribution in [-0.4, -0.2) is 0 Å². The third-order valence-electron chi connectivity index (χ3n) is 5.25. The Labute approximate surface area is 156 Å². The van der Waals surface area contributed by atoms with E-state index >= 15 is 0 Å². The van der Waals surface area contributed by atoms with E-state index in [1.165, 1.54) is 0 Å². The number of rotatable bonds is 1. The van der Waals surface area contributed by atoms with Crippen LogP contribution in [-0.2, 0) is 0 Å². The minimum atomic E-state index is -0.268. The summed E-state index contributed by atoms with van der Waals surface area (Å²) in [5.74, 6) is 0.622. The van der Waals surface area contributed by atoms with Gasteiger partial charge in [-0.05, 0) is 33.2 Å². The second-order valence-electron chi connectivity index (χ2n) is 6.69. The molecule has 0 aromatic heterocycles. The largest absolute Gasteiger partial charge is 0.440 e. The van der Waals surface area contributed by atoms with E-state index < -0.39 is 0 Å². The fraction of sp³-hybridized carbons (Fsp3) is 0.0417. The summed E-state index contributed by atoms with van der Waals surface area (Å²) in [5, 5.41) is 14.3. The quantitative estimate of drug-likeness (QED) is 0.513. The molecule has 0 aliphatic carbocycles. The Hall–Kier alpha value is -3.77. The van der Waals surface area contributed by atoms with E-state index in [2.05, 4.69) is 42.5 Å². The van der Waals surface area contributed by atoms with Crippen LogP contribution in [0.2, 0.25) is 0 Å². The molecule has 0 unspecified atom stereocenters. The van der Waals surface area contributed by atoms with Crippen LogP contribution in [0.1, 0.15) is 17.0 Å². The van der Waals surface area contributed by atoms with Crippen LogP contribution in [0.25, 0.3) is 21.5 Å². The van der Waals surface area contributed by atoms with Gasteiger partial charge in [-0.25, -0.2) is 0 Å². The molecule has 3 nitrogen and oxygen atoms in total. The summed E-state index contributed by atoms with van der Waals surface area (Å²) >= 11 is 0. The molecule has 4 aromatic rings. The molecule has 0 saturated carbocycles. The molecule has 0 bridgehead atoms. The maximum atomic E-state index is 9.90. The fourth-order valence-corrected chi connectivity index (χ4v) is 4.06. The molecule has 3 heteroatoms. The first-order valence-electron chi connectivity index (χ1n) is 8.85. The summed E-state index contributed by atoms with van der Waals surface area (Å²) in [6.45, 7) is 0. The fourth-order valence-electron chi connectivity index (χ4n) is 4.06. The van der Waals surface area contributed by atoms with Crippen LogP contribution in [0.5, 0.6) is 5.75 Å². The SMILES string of the molecule is N#CC1=C(N)Oc2ccc3ccccc3c2[C@H]1c1cccc2ccccc12. The summed E-state index contributed by atoms with van der Waals surface area (Å²) in [6, 6.07) is 28.9. The topological polar surface area (TPSA) is 59.0 Å². The van der Waals surface area contributed by atoms with E-state index in [1.54, 1.807) is 0 Å². The molecule has 0 radical (unpaired) electrons. The van der Waals surface area contributed by atoms with Gasteiger partial charge in [-0.3, -0.25) is 0 Å². The van der Waals surface area contributed by atoms with Gasteiger partial charge in [-0.15, -0.1) is 0 Å². The second-order valence-corrected chi connectivity index (χ2v) is 6.69. The molecule has 0 saturated heterocycles. The first kappa shape index (κ1) is 15.5. The highest BCUT2D eigenvalue weighted by molar-refractivity contribution is 5.93. The zero-order valence-electron chi connectivity index (χ0n) is 14.5. The lowest BCUT2D eigenvalue weighted by molar-refractivity contribution is 0.395. The molecule has 128 valence electrons. The third kappa shape index (κ3) is 2.28. The van der Waals surface area contributed by atoms with E-state index in [1.807, 2.05) is 42.5 Å². The molecule has 0 spiro atoms. The highest BCUT2D eigenvalue weighted by Gasteiger charge is 2.32. The minimum absolute atomic E-state index is 0.179. The summed E-state index contributed by atoms with van der Waals surface area (Å²) in [6.07, 6.45) is 0. The lowest BCUT2D eigenvalue weighted by Crippen LogP contribution is -2.21. The third-order valence-corrected chi connectivity index (χ3v) is 5.25.